The molecule has 4 aromatic rings. The van der Waals surface area contributed by atoms with Crippen LogP contribution in [0.2, 0.25) is 0 Å². The van der Waals surface area contributed by atoms with E-state index in [1.165, 1.54) is 33.7 Å². The van der Waals surface area contributed by atoms with Crippen LogP contribution in [-0.4, -0.2) is 30.0 Å². The molecule has 0 spiro atoms. The molecule has 0 saturated carbocycles. The lowest BCUT2D eigenvalue weighted by atomic mass is 10.2. The van der Waals surface area contributed by atoms with E-state index in [0.29, 0.717) is 22.1 Å². The number of aryl methyl sites for hydroxylation is 1. The molecule has 0 aliphatic rings. The third kappa shape index (κ3) is 2.68. The van der Waals surface area contributed by atoms with E-state index >= 15 is 0 Å². The van der Waals surface area contributed by atoms with Crippen molar-refractivity contribution in [3.05, 3.63) is 47.2 Å². The van der Waals surface area contributed by atoms with Crippen LogP contribution in [0.1, 0.15) is 5.01 Å². The Morgan fingerprint density at radius 2 is 1.91 bits per heavy atom. The summed E-state index contributed by atoms with van der Waals surface area (Å²) >= 11 is 2.89. The molecular formula is C14H9FN6S2. The summed E-state index contributed by atoms with van der Waals surface area (Å²) in [5.74, 6) is 0.00963. The van der Waals surface area contributed by atoms with Gasteiger partial charge in [-0.3, -0.25) is 0 Å². The molecule has 0 N–H and O–H groups in total. The van der Waals surface area contributed by atoms with E-state index in [2.05, 4.69) is 25.5 Å². The van der Waals surface area contributed by atoms with Gasteiger partial charge in [-0.25, -0.2) is 4.39 Å². The van der Waals surface area contributed by atoms with Crippen molar-refractivity contribution in [2.45, 2.75) is 16.3 Å². The Kier molecular flexibility index (Phi) is 3.50. The predicted octanol–water partition coefficient (Wildman–Crippen LogP) is 3.24. The maximum absolute atomic E-state index is 14.0. The summed E-state index contributed by atoms with van der Waals surface area (Å²) in [6.45, 7) is 1.90. The molecule has 3 heterocycles. The fourth-order valence-electron chi connectivity index (χ4n) is 2.05. The van der Waals surface area contributed by atoms with E-state index in [4.69, 9.17) is 0 Å². The SMILES string of the molecule is Cc1nnc(Sc2ccc3nnc(-c4ccccc4F)n3n2)s1. The number of nitrogens with zero attached hydrogens (tertiary/aromatic N) is 6. The molecule has 0 amide bonds. The zero-order valence-corrected chi connectivity index (χ0v) is 13.5. The fourth-order valence-corrected chi connectivity index (χ4v) is 3.77. The highest BCUT2D eigenvalue weighted by atomic mass is 32.2. The van der Waals surface area contributed by atoms with Gasteiger partial charge in [-0.1, -0.05) is 23.5 Å². The molecule has 0 fully saturated rings. The maximum Gasteiger partial charge on any atom is 0.188 e. The minimum absolute atomic E-state index is 0.360. The molecule has 3 aromatic heterocycles. The fraction of sp³-hybridized carbons (Fsp3) is 0.0714. The van der Waals surface area contributed by atoms with Crippen LogP contribution in [0, 0.1) is 12.7 Å². The smallest absolute Gasteiger partial charge is 0.188 e. The lowest BCUT2D eigenvalue weighted by Crippen LogP contribution is -1.97. The second-order valence-corrected chi connectivity index (χ2v) is 7.08. The van der Waals surface area contributed by atoms with Gasteiger partial charge in [0.1, 0.15) is 15.9 Å². The van der Waals surface area contributed by atoms with Crippen LogP contribution >= 0.6 is 23.1 Å². The summed E-state index contributed by atoms with van der Waals surface area (Å²) in [6, 6.07) is 10.0. The third-order valence-electron chi connectivity index (χ3n) is 3.05. The van der Waals surface area contributed by atoms with Crippen LogP contribution in [0.25, 0.3) is 17.0 Å². The van der Waals surface area contributed by atoms with Gasteiger partial charge in [0.2, 0.25) is 0 Å². The molecular weight excluding hydrogens is 335 g/mol. The van der Waals surface area contributed by atoms with Crippen molar-refractivity contribution < 1.29 is 4.39 Å². The highest BCUT2D eigenvalue weighted by Gasteiger charge is 2.14. The van der Waals surface area contributed by atoms with Crippen LogP contribution in [0.4, 0.5) is 4.39 Å². The molecule has 1 aromatic carbocycles. The standard InChI is InChI=1S/C14H9FN6S2/c1-8-16-19-14(22-8)23-12-7-6-11-17-18-13(21(11)20-12)9-4-2-3-5-10(9)15/h2-7H,1H3. The van der Waals surface area contributed by atoms with Gasteiger partial charge in [0.05, 0.1) is 5.56 Å². The number of hydrogen-bond donors (Lipinski definition) is 0. The molecule has 4 rings (SSSR count). The molecule has 23 heavy (non-hydrogen) atoms. The Morgan fingerprint density at radius 1 is 1.04 bits per heavy atom. The van der Waals surface area contributed by atoms with Crippen molar-refractivity contribution in [1.29, 1.82) is 0 Å². The van der Waals surface area contributed by atoms with Gasteiger partial charge in [-0.05, 0) is 43.0 Å². The summed E-state index contributed by atoms with van der Waals surface area (Å²) in [6.07, 6.45) is 0. The van der Waals surface area contributed by atoms with Crippen molar-refractivity contribution >= 4 is 28.7 Å². The van der Waals surface area contributed by atoms with E-state index in [1.807, 2.05) is 13.0 Å². The zero-order chi connectivity index (χ0) is 15.8. The molecule has 0 aliphatic carbocycles. The summed E-state index contributed by atoms with van der Waals surface area (Å²) in [7, 11) is 0. The Bertz CT molecular complexity index is 996. The lowest BCUT2D eigenvalue weighted by molar-refractivity contribution is 0.629. The summed E-state index contributed by atoms with van der Waals surface area (Å²) in [5.41, 5.74) is 0.919. The summed E-state index contributed by atoms with van der Waals surface area (Å²) in [5, 5.41) is 22.2. The number of rotatable bonds is 3. The van der Waals surface area contributed by atoms with Crippen LogP contribution in [0.3, 0.4) is 0 Å². The Hall–Kier alpha value is -2.39. The van der Waals surface area contributed by atoms with Crippen molar-refractivity contribution in [3.63, 3.8) is 0 Å². The lowest BCUT2D eigenvalue weighted by Gasteiger charge is -2.02. The van der Waals surface area contributed by atoms with Gasteiger partial charge >= 0.3 is 0 Å². The number of aromatic nitrogens is 6. The average molecular weight is 344 g/mol. The number of halogens is 1. The molecule has 0 bridgehead atoms. The number of benzene rings is 1. The quantitative estimate of drug-likeness (QED) is 0.568. The highest BCUT2D eigenvalue weighted by Crippen LogP contribution is 2.29. The molecule has 6 nitrogen and oxygen atoms in total. The van der Waals surface area contributed by atoms with Gasteiger partial charge in [-0.2, -0.15) is 9.61 Å². The van der Waals surface area contributed by atoms with Gasteiger partial charge in [0.25, 0.3) is 0 Å². The van der Waals surface area contributed by atoms with E-state index in [9.17, 15) is 4.39 Å². The summed E-state index contributed by atoms with van der Waals surface area (Å²) in [4.78, 5) is 0. The summed E-state index contributed by atoms with van der Waals surface area (Å²) < 4.78 is 16.3. The first kappa shape index (κ1) is 14.2. The minimum Gasteiger partial charge on any atom is -0.206 e. The largest absolute Gasteiger partial charge is 0.206 e. The van der Waals surface area contributed by atoms with Crippen molar-refractivity contribution in [1.82, 2.24) is 30.0 Å². The first-order chi connectivity index (χ1) is 11.2. The monoisotopic (exact) mass is 344 g/mol. The van der Waals surface area contributed by atoms with Crippen molar-refractivity contribution in [2.75, 3.05) is 0 Å². The van der Waals surface area contributed by atoms with Gasteiger partial charge in [0, 0.05) is 0 Å². The molecule has 114 valence electrons. The van der Waals surface area contributed by atoms with Gasteiger partial charge in [0.15, 0.2) is 15.8 Å². The van der Waals surface area contributed by atoms with E-state index < -0.39 is 0 Å². The van der Waals surface area contributed by atoms with Crippen LogP contribution in [-0.2, 0) is 0 Å². The minimum atomic E-state index is -0.360. The molecule has 0 aliphatic heterocycles. The normalized spacial score (nSPS) is 11.2. The first-order valence-electron chi connectivity index (χ1n) is 6.66. The predicted molar refractivity (Wildman–Crippen MR) is 84.9 cm³/mol. The van der Waals surface area contributed by atoms with Gasteiger partial charge < -0.3 is 0 Å². The number of fused-ring (bicyclic) bond motifs is 1. The second-order valence-electron chi connectivity index (χ2n) is 4.63. The molecule has 0 saturated heterocycles. The third-order valence-corrected chi connectivity index (χ3v) is 4.87. The van der Waals surface area contributed by atoms with E-state index in [0.717, 1.165) is 9.35 Å². The van der Waals surface area contributed by atoms with Gasteiger partial charge in [-0.15, -0.1) is 20.4 Å². The topological polar surface area (TPSA) is 68.9 Å². The Morgan fingerprint density at radius 3 is 2.70 bits per heavy atom. The van der Waals surface area contributed by atoms with Crippen molar-refractivity contribution in [3.8, 4) is 11.4 Å². The van der Waals surface area contributed by atoms with Crippen LogP contribution < -0.4 is 0 Å². The molecule has 9 heteroatoms. The van der Waals surface area contributed by atoms with Crippen LogP contribution in [0.15, 0.2) is 45.8 Å². The van der Waals surface area contributed by atoms with Crippen LogP contribution in [0.5, 0.6) is 0 Å². The maximum atomic E-state index is 14.0. The molecule has 0 unspecified atom stereocenters. The molecule has 0 atom stereocenters. The zero-order valence-electron chi connectivity index (χ0n) is 11.8. The van der Waals surface area contributed by atoms with E-state index in [-0.39, 0.29) is 5.82 Å². The average Bonchev–Trinajstić information content (AvgIpc) is 3.14. The Balaban J connectivity index is 1.79. The first-order valence-corrected chi connectivity index (χ1v) is 8.29. The highest BCUT2D eigenvalue weighted by molar-refractivity contribution is 8.01. The Labute approximate surface area is 138 Å². The van der Waals surface area contributed by atoms with Crippen molar-refractivity contribution in [2.24, 2.45) is 0 Å². The molecule has 0 radical (unpaired) electrons. The van der Waals surface area contributed by atoms with E-state index in [1.54, 1.807) is 24.3 Å². The number of hydrogen-bond acceptors (Lipinski definition) is 7. The second kappa shape index (κ2) is 5.67.